The number of aromatic nitrogens is 2. The minimum atomic E-state index is -0.0343. The number of hydrogen-bond acceptors (Lipinski definition) is 3. The molecule has 104 valence electrons. The van der Waals surface area contributed by atoms with Gasteiger partial charge < -0.3 is 4.90 Å². The highest BCUT2D eigenvalue weighted by molar-refractivity contribution is 14.1. The fraction of sp³-hybridized carbons (Fsp3) is 0.333. The van der Waals surface area contributed by atoms with Gasteiger partial charge in [0.15, 0.2) is 0 Å². The van der Waals surface area contributed by atoms with Gasteiger partial charge >= 0.3 is 0 Å². The zero-order valence-corrected chi connectivity index (χ0v) is 13.3. The molecule has 1 aromatic carbocycles. The zero-order chi connectivity index (χ0) is 13.9. The SMILES string of the molecule is O=c1cc(N2CCCC2)cnn1Cc1ccc(I)cc1. The second-order valence-electron chi connectivity index (χ2n) is 5.03. The molecule has 0 saturated carbocycles. The second-order valence-corrected chi connectivity index (χ2v) is 6.28. The average molecular weight is 381 g/mol. The lowest BCUT2D eigenvalue weighted by Gasteiger charge is -2.17. The summed E-state index contributed by atoms with van der Waals surface area (Å²) in [5.41, 5.74) is 2.01. The van der Waals surface area contributed by atoms with Crippen LogP contribution in [0.2, 0.25) is 0 Å². The van der Waals surface area contributed by atoms with Crippen molar-refractivity contribution in [3.05, 3.63) is 56.0 Å². The first kappa shape index (κ1) is 13.6. The van der Waals surface area contributed by atoms with Crippen LogP contribution in [-0.4, -0.2) is 22.9 Å². The van der Waals surface area contributed by atoms with Crippen molar-refractivity contribution in [2.24, 2.45) is 0 Å². The summed E-state index contributed by atoms with van der Waals surface area (Å²) in [5, 5.41) is 4.30. The van der Waals surface area contributed by atoms with Crippen LogP contribution in [0.1, 0.15) is 18.4 Å². The Bertz CT molecular complexity index is 645. The topological polar surface area (TPSA) is 38.1 Å². The monoisotopic (exact) mass is 381 g/mol. The van der Waals surface area contributed by atoms with Crippen molar-refractivity contribution in [3.63, 3.8) is 0 Å². The molecule has 0 N–H and O–H groups in total. The minimum Gasteiger partial charge on any atom is -0.370 e. The van der Waals surface area contributed by atoms with Crippen molar-refractivity contribution in [1.82, 2.24) is 9.78 Å². The van der Waals surface area contributed by atoms with Crippen LogP contribution in [-0.2, 0) is 6.54 Å². The van der Waals surface area contributed by atoms with E-state index in [-0.39, 0.29) is 5.56 Å². The number of nitrogens with zero attached hydrogens (tertiary/aromatic N) is 3. The second kappa shape index (κ2) is 5.95. The quantitative estimate of drug-likeness (QED) is 0.767. The highest BCUT2D eigenvalue weighted by Gasteiger charge is 2.13. The van der Waals surface area contributed by atoms with E-state index in [2.05, 4.69) is 32.6 Å². The molecule has 2 heterocycles. The molecule has 0 bridgehead atoms. The van der Waals surface area contributed by atoms with Crippen LogP contribution < -0.4 is 10.5 Å². The third-order valence-electron chi connectivity index (χ3n) is 3.57. The lowest BCUT2D eigenvalue weighted by molar-refractivity contribution is 0.637. The third-order valence-corrected chi connectivity index (χ3v) is 4.29. The third kappa shape index (κ3) is 3.03. The van der Waals surface area contributed by atoms with Crippen molar-refractivity contribution < 1.29 is 0 Å². The molecule has 0 spiro atoms. The van der Waals surface area contributed by atoms with Crippen molar-refractivity contribution >= 4 is 28.3 Å². The highest BCUT2D eigenvalue weighted by atomic mass is 127. The maximum Gasteiger partial charge on any atom is 0.269 e. The van der Waals surface area contributed by atoms with Gasteiger partial charge in [0.2, 0.25) is 0 Å². The Morgan fingerprint density at radius 1 is 1.15 bits per heavy atom. The molecule has 0 radical (unpaired) electrons. The van der Waals surface area contributed by atoms with Gasteiger partial charge in [0.05, 0.1) is 18.4 Å². The lowest BCUT2D eigenvalue weighted by Crippen LogP contribution is -2.26. The van der Waals surface area contributed by atoms with Crippen LogP contribution in [0.25, 0.3) is 0 Å². The Morgan fingerprint density at radius 3 is 2.50 bits per heavy atom. The molecule has 1 aromatic heterocycles. The fourth-order valence-electron chi connectivity index (χ4n) is 2.45. The van der Waals surface area contributed by atoms with Crippen LogP contribution in [0.5, 0.6) is 0 Å². The van der Waals surface area contributed by atoms with E-state index >= 15 is 0 Å². The standard InChI is InChI=1S/C15H16IN3O/c16-13-5-3-12(4-6-13)11-19-15(20)9-14(10-17-19)18-7-1-2-8-18/h3-6,9-10H,1-2,7-8,11H2. The number of anilines is 1. The molecular weight excluding hydrogens is 365 g/mol. The van der Waals surface area contributed by atoms with Crippen LogP contribution in [0, 0.1) is 3.57 Å². The summed E-state index contributed by atoms with van der Waals surface area (Å²) in [6, 6.07) is 9.85. The first-order chi connectivity index (χ1) is 9.72. The minimum absolute atomic E-state index is 0.0343. The number of hydrogen-bond donors (Lipinski definition) is 0. The molecule has 20 heavy (non-hydrogen) atoms. The molecule has 0 aliphatic carbocycles. The summed E-state index contributed by atoms with van der Waals surface area (Å²) in [5.74, 6) is 0. The van der Waals surface area contributed by atoms with E-state index in [0.717, 1.165) is 24.3 Å². The summed E-state index contributed by atoms with van der Waals surface area (Å²) in [7, 11) is 0. The van der Waals surface area contributed by atoms with Crippen LogP contribution in [0.15, 0.2) is 41.3 Å². The smallest absolute Gasteiger partial charge is 0.269 e. The number of halogens is 1. The molecule has 1 aliphatic rings. The Kier molecular flexibility index (Phi) is 4.05. The summed E-state index contributed by atoms with van der Waals surface area (Å²) >= 11 is 2.27. The molecule has 4 nitrogen and oxygen atoms in total. The molecule has 0 amide bonds. The highest BCUT2D eigenvalue weighted by Crippen LogP contribution is 2.17. The van der Waals surface area contributed by atoms with Crippen molar-refractivity contribution in [3.8, 4) is 0 Å². The molecule has 3 rings (SSSR count). The maximum atomic E-state index is 12.1. The predicted molar refractivity (Wildman–Crippen MR) is 88.2 cm³/mol. The zero-order valence-electron chi connectivity index (χ0n) is 11.1. The van der Waals surface area contributed by atoms with Gasteiger partial charge in [-0.25, -0.2) is 4.68 Å². The average Bonchev–Trinajstić information content (AvgIpc) is 2.97. The Balaban J connectivity index is 1.80. The van der Waals surface area contributed by atoms with Crippen molar-refractivity contribution in [2.45, 2.75) is 19.4 Å². The van der Waals surface area contributed by atoms with Crippen LogP contribution in [0.3, 0.4) is 0 Å². The summed E-state index contributed by atoms with van der Waals surface area (Å²) < 4.78 is 2.71. The van der Waals surface area contributed by atoms with E-state index in [1.165, 1.54) is 21.1 Å². The molecule has 1 saturated heterocycles. The van der Waals surface area contributed by atoms with E-state index in [0.29, 0.717) is 6.54 Å². The van der Waals surface area contributed by atoms with Gasteiger partial charge in [0, 0.05) is 22.7 Å². The summed E-state index contributed by atoms with van der Waals surface area (Å²) in [6.45, 7) is 2.58. The Labute approximate surface area is 131 Å². The first-order valence-corrected chi connectivity index (χ1v) is 7.87. The molecule has 1 fully saturated rings. The predicted octanol–water partition coefficient (Wildman–Crippen LogP) is 2.50. The van der Waals surface area contributed by atoms with E-state index in [1.54, 1.807) is 12.3 Å². The molecule has 2 aromatic rings. The van der Waals surface area contributed by atoms with Crippen LogP contribution >= 0.6 is 22.6 Å². The Morgan fingerprint density at radius 2 is 1.85 bits per heavy atom. The molecule has 0 unspecified atom stereocenters. The number of benzene rings is 1. The van der Waals surface area contributed by atoms with Crippen molar-refractivity contribution in [1.29, 1.82) is 0 Å². The molecule has 1 aliphatic heterocycles. The van der Waals surface area contributed by atoms with Gasteiger partial charge in [0.1, 0.15) is 0 Å². The molecular formula is C15H16IN3O. The first-order valence-electron chi connectivity index (χ1n) is 6.79. The van der Waals surface area contributed by atoms with E-state index in [9.17, 15) is 4.79 Å². The van der Waals surface area contributed by atoms with E-state index in [4.69, 9.17) is 0 Å². The van der Waals surface area contributed by atoms with Gasteiger partial charge in [-0.05, 0) is 53.1 Å². The normalized spacial score (nSPS) is 14.8. The fourth-order valence-corrected chi connectivity index (χ4v) is 2.81. The van der Waals surface area contributed by atoms with Gasteiger partial charge in [-0.2, -0.15) is 5.10 Å². The molecule has 0 atom stereocenters. The van der Waals surface area contributed by atoms with Gasteiger partial charge in [0.25, 0.3) is 5.56 Å². The number of rotatable bonds is 3. The Hall–Kier alpha value is -1.37. The molecule has 5 heteroatoms. The van der Waals surface area contributed by atoms with Gasteiger partial charge in [-0.15, -0.1) is 0 Å². The van der Waals surface area contributed by atoms with E-state index in [1.807, 2.05) is 24.3 Å². The largest absolute Gasteiger partial charge is 0.370 e. The lowest BCUT2D eigenvalue weighted by atomic mass is 10.2. The van der Waals surface area contributed by atoms with E-state index < -0.39 is 0 Å². The summed E-state index contributed by atoms with van der Waals surface area (Å²) in [4.78, 5) is 14.4. The van der Waals surface area contributed by atoms with Crippen LogP contribution in [0.4, 0.5) is 5.69 Å². The van der Waals surface area contributed by atoms with Gasteiger partial charge in [-0.1, -0.05) is 12.1 Å². The maximum absolute atomic E-state index is 12.1. The van der Waals surface area contributed by atoms with Gasteiger partial charge in [-0.3, -0.25) is 4.79 Å². The van der Waals surface area contributed by atoms with Crippen molar-refractivity contribution in [2.75, 3.05) is 18.0 Å². The summed E-state index contributed by atoms with van der Waals surface area (Å²) in [6.07, 6.45) is 4.21.